The molecule has 0 saturated carbocycles. The summed E-state index contributed by atoms with van der Waals surface area (Å²) in [5.74, 6) is 1.74. The molecule has 2 aromatic carbocycles. The highest BCUT2D eigenvalue weighted by molar-refractivity contribution is 5.44. The zero-order valence-corrected chi connectivity index (χ0v) is 11.1. The van der Waals surface area contributed by atoms with Crippen molar-refractivity contribution in [1.29, 1.82) is 0 Å². The summed E-state index contributed by atoms with van der Waals surface area (Å²) in [4.78, 5) is 0. The van der Waals surface area contributed by atoms with Crippen LogP contribution in [0.3, 0.4) is 0 Å². The average Bonchev–Trinajstić information content (AvgIpc) is 2.46. The molecule has 3 rings (SSSR count). The van der Waals surface area contributed by atoms with Crippen molar-refractivity contribution in [3.05, 3.63) is 59.7 Å². The zero-order valence-electron chi connectivity index (χ0n) is 11.1. The van der Waals surface area contributed by atoms with Crippen LogP contribution in [-0.2, 0) is 12.8 Å². The van der Waals surface area contributed by atoms with E-state index in [-0.39, 0.29) is 6.10 Å². The predicted octanol–water partition coefficient (Wildman–Crippen LogP) is 3.63. The molecule has 1 atom stereocenters. The fraction of sp³-hybridized carbons (Fsp3) is 0.294. The molecule has 0 bridgehead atoms. The standard InChI is InChI=1S/C17H18O2/c1-13-12-18-16-10-9-15(11-17(16)19-13)8-7-14-5-3-2-4-6-14/h2-6,9-11,13H,7-8,12H2,1H3. The van der Waals surface area contributed by atoms with Crippen molar-refractivity contribution in [3.8, 4) is 11.5 Å². The first kappa shape index (κ1) is 12.1. The minimum absolute atomic E-state index is 0.136. The van der Waals surface area contributed by atoms with E-state index in [4.69, 9.17) is 9.47 Å². The van der Waals surface area contributed by atoms with E-state index in [0.717, 1.165) is 24.3 Å². The average molecular weight is 254 g/mol. The van der Waals surface area contributed by atoms with Gasteiger partial charge in [0.15, 0.2) is 11.5 Å². The lowest BCUT2D eigenvalue weighted by Gasteiger charge is -2.24. The Bertz CT molecular complexity index is 548. The molecule has 0 fully saturated rings. The third-order valence-corrected chi connectivity index (χ3v) is 3.35. The van der Waals surface area contributed by atoms with Gasteiger partial charge in [0.25, 0.3) is 0 Å². The lowest BCUT2D eigenvalue weighted by molar-refractivity contribution is 0.104. The fourth-order valence-corrected chi connectivity index (χ4v) is 2.31. The maximum atomic E-state index is 5.80. The minimum Gasteiger partial charge on any atom is -0.486 e. The third-order valence-electron chi connectivity index (χ3n) is 3.35. The molecule has 0 amide bonds. The van der Waals surface area contributed by atoms with E-state index in [0.29, 0.717) is 6.61 Å². The molecule has 1 aliphatic heterocycles. The van der Waals surface area contributed by atoms with Gasteiger partial charge in [0.05, 0.1) is 0 Å². The summed E-state index contributed by atoms with van der Waals surface area (Å²) in [7, 11) is 0. The first-order valence-corrected chi connectivity index (χ1v) is 6.77. The molecule has 0 radical (unpaired) electrons. The largest absolute Gasteiger partial charge is 0.486 e. The second kappa shape index (κ2) is 5.35. The second-order valence-corrected chi connectivity index (χ2v) is 5.01. The fourth-order valence-electron chi connectivity index (χ4n) is 2.31. The summed E-state index contributed by atoms with van der Waals surface area (Å²) in [6.07, 6.45) is 2.21. The maximum Gasteiger partial charge on any atom is 0.162 e. The Morgan fingerprint density at radius 3 is 2.58 bits per heavy atom. The number of benzene rings is 2. The van der Waals surface area contributed by atoms with Gasteiger partial charge in [0, 0.05) is 0 Å². The number of hydrogen-bond acceptors (Lipinski definition) is 2. The summed E-state index contributed by atoms with van der Waals surface area (Å²) < 4.78 is 11.4. The summed E-state index contributed by atoms with van der Waals surface area (Å²) in [6, 6.07) is 16.8. The van der Waals surface area contributed by atoms with E-state index in [2.05, 4.69) is 42.5 Å². The van der Waals surface area contributed by atoms with Gasteiger partial charge in [-0.25, -0.2) is 0 Å². The van der Waals surface area contributed by atoms with Crippen molar-refractivity contribution in [2.45, 2.75) is 25.9 Å². The normalized spacial score (nSPS) is 17.2. The Morgan fingerprint density at radius 1 is 0.947 bits per heavy atom. The molecular formula is C17H18O2. The van der Waals surface area contributed by atoms with Crippen molar-refractivity contribution in [2.75, 3.05) is 6.61 Å². The molecule has 2 heteroatoms. The Labute approximate surface area is 114 Å². The SMILES string of the molecule is CC1COc2ccc(CCc3ccccc3)cc2O1. The van der Waals surface area contributed by atoms with E-state index in [1.165, 1.54) is 11.1 Å². The van der Waals surface area contributed by atoms with Crippen LogP contribution in [0.1, 0.15) is 18.1 Å². The van der Waals surface area contributed by atoms with Gasteiger partial charge < -0.3 is 9.47 Å². The highest BCUT2D eigenvalue weighted by Gasteiger charge is 2.17. The molecule has 0 saturated heterocycles. The number of fused-ring (bicyclic) bond motifs is 1. The summed E-state index contributed by atoms with van der Waals surface area (Å²) in [6.45, 7) is 2.66. The Hall–Kier alpha value is -1.96. The Kier molecular flexibility index (Phi) is 3.41. The predicted molar refractivity (Wildman–Crippen MR) is 75.9 cm³/mol. The van der Waals surface area contributed by atoms with Gasteiger partial charge >= 0.3 is 0 Å². The van der Waals surface area contributed by atoms with Crippen LogP contribution in [0, 0.1) is 0 Å². The van der Waals surface area contributed by atoms with E-state index >= 15 is 0 Å². The van der Waals surface area contributed by atoms with Gasteiger partial charge in [-0.2, -0.15) is 0 Å². The van der Waals surface area contributed by atoms with Crippen LogP contribution in [0.25, 0.3) is 0 Å². The molecule has 2 nitrogen and oxygen atoms in total. The van der Waals surface area contributed by atoms with Gasteiger partial charge in [0.2, 0.25) is 0 Å². The summed E-state index contributed by atoms with van der Waals surface area (Å²) >= 11 is 0. The summed E-state index contributed by atoms with van der Waals surface area (Å²) in [5, 5.41) is 0. The first-order chi connectivity index (χ1) is 9.31. The van der Waals surface area contributed by atoms with E-state index in [9.17, 15) is 0 Å². The number of rotatable bonds is 3. The molecule has 1 heterocycles. The molecule has 19 heavy (non-hydrogen) atoms. The van der Waals surface area contributed by atoms with Crippen molar-refractivity contribution >= 4 is 0 Å². The van der Waals surface area contributed by atoms with Crippen molar-refractivity contribution in [1.82, 2.24) is 0 Å². The van der Waals surface area contributed by atoms with Crippen molar-refractivity contribution in [3.63, 3.8) is 0 Å². The van der Waals surface area contributed by atoms with E-state index < -0.39 is 0 Å². The second-order valence-electron chi connectivity index (χ2n) is 5.01. The Balaban J connectivity index is 1.70. The summed E-state index contributed by atoms with van der Waals surface area (Å²) in [5.41, 5.74) is 2.66. The zero-order chi connectivity index (χ0) is 13.1. The van der Waals surface area contributed by atoms with Crippen LogP contribution in [0.15, 0.2) is 48.5 Å². The van der Waals surface area contributed by atoms with Crippen LogP contribution in [0.2, 0.25) is 0 Å². The van der Waals surface area contributed by atoms with Gasteiger partial charge in [-0.05, 0) is 43.0 Å². The van der Waals surface area contributed by atoms with Crippen LogP contribution < -0.4 is 9.47 Å². The molecule has 1 aliphatic rings. The lowest BCUT2D eigenvalue weighted by Crippen LogP contribution is -2.25. The molecule has 98 valence electrons. The molecule has 2 aromatic rings. The maximum absolute atomic E-state index is 5.80. The van der Waals surface area contributed by atoms with E-state index in [1.807, 2.05) is 13.0 Å². The van der Waals surface area contributed by atoms with Crippen molar-refractivity contribution < 1.29 is 9.47 Å². The van der Waals surface area contributed by atoms with Gasteiger partial charge in [0.1, 0.15) is 12.7 Å². The topological polar surface area (TPSA) is 18.5 Å². The van der Waals surface area contributed by atoms with Gasteiger partial charge in [-0.1, -0.05) is 36.4 Å². The van der Waals surface area contributed by atoms with Gasteiger partial charge in [-0.15, -0.1) is 0 Å². The van der Waals surface area contributed by atoms with Crippen LogP contribution in [0.4, 0.5) is 0 Å². The molecule has 1 unspecified atom stereocenters. The molecular weight excluding hydrogens is 236 g/mol. The number of aryl methyl sites for hydroxylation is 2. The Morgan fingerprint density at radius 2 is 1.74 bits per heavy atom. The van der Waals surface area contributed by atoms with Crippen LogP contribution >= 0.6 is 0 Å². The quantitative estimate of drug-likeness (QED) is 0.832. The molecule has 0 aromatic heterocycles. The lowest BCUT2D eigenvalue weighted by atomic mass is 10.0. The monoisotopic (exact) mass is 254 g/mol. The number of ether oxygens (including phenoxy) is 2. The molecule has 0 spiro atoms. The van der Waals surface area contributed by atoms with Crippen molar-refractivity contribution in [2.24, 2.45) is 0 Å². The van der Waals surface area contributed by atoms with Gasteiger partial charge in [-0.3, -0.25) is 0 Å². The highest BCUT2D eigenvalue weighted by atomic mass is 16.6. The minimum atomic E-state index is 0.136. The van der Waals surface area contributed by atoms with Crippen LogP contribution in [0.5, 0.6) is 11.5 Å². The number of hydrogen-bond donors (Lipinski definition) is 0. The molecule has 0 N–H and O–H groups in total. The smallest absolute Gasteiger partial charge is 0.162 e. The third kappa shape index (κ3) is 2.90. The first-order valence-electron chi connectivity index (χ1n) is 6.77. The molecule has 0 aliphatic carbocycles. The van der Waals surface area contributed by atoms with Crippen LogP contribution in [-0.4, -0.2) is 12.7 Å². The highest BCUT2D eigenvalue weighted by Crippen LogP contribution is 2.32. The van der Waals surface area contributed by atoms with E-state index in [1.54, 1.807) is 0 Å².